The van der Waals surface area contributed by atoms with Crippen molar-refractivity contribution in [2.75, 3.05) is 0 Å². The van der Waals surface area contributed by atoms with Crippen molar-refractivity contribution < 1.29 is 0 Å². The lowest BCUT2D eigenvalue weighted by Crippen LogP contribution is -2.02. The second kappa shape index (κ2) is 5.83. The fourth-order valence-electron chi connectivity index (χ4n) is 0.994. The number of hydrogen-bond acceptors (Lipinski definition) is 2. The van der Waals surface area contributed by atoms with Crippen LogP contribution in [0.15, 0.2) is 12.7 Å². The minimum atomic E-state index is 0.383. The Labute approximate surface area is 68.3 Å². The summed E-state index contributed by atoms with van der Waals surface area (Å²) in [6.45, 7) is 5.50. The molecule has 0 aliphatic rings. The van der Waals surface area contributed by atoms with E-state index in [0.29, 0.717) is 11.6 Å². The topological polar surface area (TPSA) is 47.7 Å². The molecule has 0 heterocycles. The van der Waals surface area contributed by atoms with Gasteiger partial charge in [-0.1, -0.05) is 6.08 Å². The minimum Gasteiger partial charge on any atom is -0.313 e. The molecule has 0 aliphatic heterocycles. The summed E-state index contributed by atoms with van der Waals surface area (Å²) in [7, 11) is 0. The maximum absolute atomic E-state index is 7.26. The maximum Gasteiger partial charge on any atom is 0.00640 e. The van der Waals surface area contributed by atoms with Crippen LogP contribution in [0.2, 0.25) is 0 Å². The summed E-state index contributed by atoms with van der Waals surface area (Å²) in [5.41, 5.74) is 0.694. The number of allylic oxidation sites excluding steroid dienone is 1. The van der Waals surface area contributed by atoms with Gasteiger partial charge in [0.15, 0.2) is 0 Å². The molecule has 0 radical (unpaired) electrons. The van der Waals surface area contributed by atoms with Gasteiger partial charge in [0.25, 0.3) is 0 Å². The quantitative estimate of drug-likeness (QED) is 0.434. The van der Waals surface area contributed by atoms with Crippen molar-refractivity contribution in [3.63, 3.8) is 0 Å². The first-order chi connectivity index (χ1) is 5.20. The third-order valence-corrected chi connectivity index (χ3v) is 1.58. The Morgan fingerprint density at radius 3 is 2.64 bits per heavy atom. The highest BCUT2D eigenvalue weighted by atomic mass is 14.4. The highest BCUT2D eigenvalue weighted by Crippen LogP contribution is 2.11. The second-order valence-electron chi connectivity index (χ2n) is 2.76. The zero-order valence-electron chi connectivity index (χ0n) is 7.06. The van der Waals surface area contributed by atoms with Crippen LogP contribution in [0.1, 0.15) is 26.2 Å². The lowest BCUT2D eigenvalue weighted by molar-refractivity contribution is 0.633. The van der Waals surface area contributed by atoms with Crippen molar-refractivity contribution >= 4 is 11.9 Å². The molecule has 0 aromatic carbocycles. The van der Waals surface area contributed by atoms with Crippen LogP contribution in [0.25, 0.3) is 0 Å². The van der Waals surface area contributed by atoms with Crippen molar-refractivity contribution in [2.45, 2.75) is 26.2 Å². The van der Waals surface area contributed by atoms with Crippen molar-refractivity contribution in [1.82, 2.24) is 0 Å². The monoisotopic (exact) mass is 152 g/mol. The molecule has 1 unspecified atom stereocenters. The molecular weight excluding hydrogens is 136 g/mol. The van der Waals surface area contributed by atoms with Gasteiger partial charge in [-0.2, -0.15) is 0 Å². The summed E-state index contributed by atoms with van der Waals surface area (Å²) in [6, 6.07) is 0. The molecule has 62 valence electrons. The van der Waals surface area contributed by atoms with Crippen molar-refractivity contribution in [3.8, 4) is 0 Å². The average molecular weight is 152 g/mol. The SMILES string of the molecule is C=CC(CCC=N)CC(C)=N. The predicted molar refractivity (Wildman–Crippen MR) is 49.7 cm³/mol. The average Bonchev–Trinajstić information content (AvgIpc) is 1.97. The summed E-state index contributed by atoms with van der Waals surface area (Å²) >= 11 is 0. The maximum atomic E-state index is 7.26. The first kappa shape index (κ1) is 10.1. The van der Waals surface area contributed by atoms with Crippen LogP contribution in [0.4, 0.5) is 0 Å². The van der Waals surface area contributed by atoms with Gasteiger partial charge in [0, 0.05) is 5.71 Å². The molecule has 11 heavy (non-hydrogen) atoms. The molecule has 2 heteroatoms. The predicted octanol–water partition coefficient (Wildman–Crippen LogP) is 2.65. The van der Waals surface area contributed by atoms with Gasteiger partial charge in [-0.3, -0.25) is 0 Å². The molecule has 0 amide bonds. The van der Waals surface area contributed by atoms with Crippen LogP contribution in [0.3, 0.4) is 0 Å². The summed E-state index contributed by atoms with van der Waals surface area (Å²) in [4.78, 5) is 0. The van der Waals surface area contributed by atoms with Gasteiger partial charge in [0.1, 0.15) is 0 Å². The second-order valence-corrected chi connectivity index (χ2v) is 2.76. The molecule has 0 saturated heterocycles. The van der Waals surface area contributed by atoms with Crippen LogP contribution in [-0.2, 0) is 0 Å². The standard InChI is InChI=1S/C9H16N2/c1-3-9(5-4-6-10)7-8(2)11/h3,6,9-11H,1,4-5,7H2,2H3. The molecule has 2 N–H and O–H groups in total. The molecule has 0 aromatic rings. The smallest absolute Gasteiger partial charge is 0.00640 e. The molecule has 0 fully saturated rings. The Bertz CT molecular complexity index is 150. The van der Waals surface area contributed by atoms with Crippen LogP contribution >= 0.6 is 0 Å². The largest absolute Gasteiger partial charge is 0.313 e. The summed E-state index contributed by atoms with van der Waals surface area (Å²) in [6.07, 6.45) is 5.82. The molecule has 0 aromatic heterocycles. The van der Waals surface area contributed by atoms with E-state index in [4.69, 9.17) is 10.8 Å². The Balaban J connectivity index is 3.65. The highest BCUT2D eigenvalue weighted by molar-refractivity contribution is 5.78. The summed E-state index contributed by atoms with van der Waals surface area (Å²) < 4.78 is 0. The first-order valence-electron chi connectivity index (χ1n) is 3.86. The van der Waals surface area contributed by atoms with E-state index in [1.807, 2.05) is 6.08 Å². The van der Waals surface area contributed by atoms with Gasteiger partial charge in [0.05, 0.1) is 0 Å². The van der Waals surface area contributed by atoms with E-state index >= 15 is 0 Å². The summed E-state index contributed by atoms with van der Waals surface area (Å²) in [5.74, 6) is 0.383. The van der Waals surface area contributed by atoms with Crippen molar-refractivity contribution in [2.24, 2.45) is 5.92 Å². The van der Waals surface area contributed by atoms with Crippen molar-refractivity contribution in [1.29, 1.82) is 10.8 Å². The molecule has 0 aliphatic carbocycles. The van der Waals surface area contributed by atoms with Gasteiger partial charge in [0.2, 0.25) is 0 Å². The Kier molecular flexibility index (Phi) is 5.35. The molecule has 0 spiro atoms. The fraction of sp³-hybridized carbons (Fsp3) is 0.556. The molecule has 0 saturated carbocycles. The van der Waals surface area contributed by atoms with Gasteiger partial charge >= 0.3 is 0 Å². The van der Waals surface area contributed by atoms with Crippen LogP contribution in [0.5, 0.6) is 0 Å². The zero-order valence-corrected chi connectivity index (χ0v) is 7.06. The van der Waals surface area contributed by atoms with Gasteiger partial charge in [-0.05, 0) is 38.3 Å². The van der Waals surface area contributed by atoms with E-state index in [1.54, 1.807) is 6.92 Å². The molecule has 0 rings (SSSR count). The lowest BCUT2D eigenvalue weighted by atomic mass is 9.98. The van der Waals surface area contributed by atoms with E-state index in [0.717, 1.165) is 19.3 Å². The first-order valence-corrected chi connectivity index (χ1v) is 3.86. The minimum absolute atomic E-state index is 0.383. The lowest BCUT2D eigenvalue weighted by Gasteiger charge is -2.08. The Morgan fingerprint density at radius 2 is 2.27 bits per heavy atom. The van der Waals surface area contributed by atoms with Gasteiger partial charge in [-0.25, -0.2) is 0 Å². The number of rotatable bonds is 6. The fourth-order valence-corrected chi connectivity index (χ4v) is 0.994. The van der Waals surface area contributed by atoms with Gasteiger partial charge in [-0.15, -0.1) is 6.58 Å². The van der Waals surface area contributed by atoms with E-state index in [-0.39, 0.29) is 0 Å². The third kappa shape index (κ3) is 5.52. The Hall–Kier alpha value is -0.920. The van der Waals surface area contributed by atoms with Crippen LogP contribution in [-0.4, -0.2) is 11.9 Å². The summed E-state index contributed by atoms with van der Waals surface area (Å²) in [5, 5.41) is 14.1. The van der Waals surface area contributed by atoms with E-state index in [2.05, 4.69) is 6.58 Å². The number of nitrogens with one attached hydrogen (secondary N) is 2. The van der Waals surface area contributed by atoms with E-state index < -0.39 is 0 Å². The van der Waals surface area contributed by atoms with Gasteiger partial charge < -0.3 is 10.8 Å². The normalized spacial score (nSPS) is 12.1. The molecule has 2 nitrogen and oxygen atoms in total. The molecular formula is C9H16N2. The zero-order chi connectivity index (χ0) is 8.69. The number of hydrogen-bond donors (Lipinski definition) is 2. The van der Waals surface area contributed by atoms with Crippen LogP contribution in [0, 0.1) is 16.7 Å². The van der Waals surface area contributed by atoms with Crippen molar-refractivity contribution in [3.05, 3.63) is 12.7 Å². The Morgan fingerprint density at radius 1 is 1.64 bits per heavy atom. The third-order valence-electron chi connectivity index (χ3n) is 1.58. The highest BCUT2D eigenvalue weighted by Gasteiger charge is 2.03. The molecule has 1 atom stereocenters. The van der Waals surface area contributed by atoms with E-state index in [9.17, 15) is 0 Å². The molecule has 0 bridgehead atoms. The van der Waals surface area contributed by atoms with Crippen LogP contribution < -0.4 is 0 Å². The van der Waals surface area contributed by atoms with E-state index in [1.165, 1.54) is 6.21 Å².